The van der Waals surface area contributed by atoms with Crippen molar-refractivity contribution in [2.24, 2.45) is 5.41 Å². The summed E-state index contributed by atoms with van der Waals surface area (Å²) < 4.78 is 1.68. The van der Waals surface area contributed by atoms with E-state index in [1.54, 1.807) is 22.7 Å². The van der Waals surface area contributed by atoms with Gasteiger partial charge in [0.2, 0.25) is 0 Å². The molecule has 1 amide bonds. The molecular weight excluding hydrogens is 294 g/mol. The van der Waals surface area contributed by atoms with Gasteiger partial charge in [0.15, 0.2) is 0 Å². The van der Waals surface area contributed by atoms with Gasteiger partial charge in [-0.3, -0.25) is 9.59 Å². The first-order chi connectivity index (χ1) is 10.9. The number of aromatic nitrogens is 2. The van der Waals surface area contributed by atoms with Crippen molar-refractivity contribution in [1.82, 2.24) is 14.7 Å². The van der Waals surface area contributed by atoms with Crippen LogP contribution < -0.4 is 0 Å². The van der Waals surface area contributed by atoms with E-state index in [0.29, 0.717) is 18.5 Å². The molecule has 23 heavy (non-hydrogen) atoms. The lowest BCUT2D eigenvalue weighted by Gasteiger charge is -2.19. The highest BCUT2D eigenvalue weighted by Gasteiger charge is 2.42. The normalized spacial score (nSPS) is 20.7. The van der Waals surface area contributed by atoms with Gasteiger partial charge < -0.3 is 10.0 Å². The number of hydrogen-bond acceptors (Lipinski definition) is 3. The minimum absolute atomic E-state index is 0.171. The molecule has 6 heteroatoms. The van der Waals surface area contributed by atoms with E-state index >= 15 is 0 Å². The molecule has 120 valence electrons. The highest BCUT2D eigenvalue weighted by atomic mass is 16.4. The first-order valence-electron chi connectivity index (χ1n) is 7.54. The van der Waals surface area contributed by atoms with E-state index in [4.69, 9.17) is 0 Å². The maximum Gasteiger partial charge on any atom is 0.311 e. The lowest BCUT2D eigenvalue weighted by molar-refractivity contribution is -0.147. The Hall–Kier alpha value is -2.63. The van der Waals surface area contributed by atoms with Crippen LogP contribution >= 0.6 is 0 Å². The molecule has 1 unspecified atom stereocenters. The number of amides is 1. The molecule has 0 bridgehead atoms. The first kappa shape index (κ1) is 15.3. The third-order valence-corrected chi connectivity index (χ3v) is 4.47. The van der Waals surface area contributed by atoms with E-state index in [1.807, 2.05) is 31.2 Å². The van der Waals surface area contributed by atoms with E-state index < -0.39 is 11.4 Å². The van der Waals surface area contributed by atoms with Crippen molar-refractivity contribution >= 4 is 11.9 Å². The molecule has 3 rings (SSSR count). The Morgan fingerprint density at radius 3 is 2.70 bits per heavy atom. The SMILES string of the molecule is Cc1ccccc1-n1cc(C(=O)N2CCC(C)(C(=O)O)C2)cn1. The molecule has 1 atom stereocenters. The molecule has 2 heterocycles. The largest absolute Gasteiger partial charge is 0.481 e. The second-order valence-electron chi connectivity index (χ2n) is 6.30. The standard InChI is InChI=1S/C17H19N3O3/c1-12-5-3-4-6-14(12)20-10-13(9-18-20)15(21)19-8-7-17(2,11-19)16(22)23/h3-6,9-10H,7-8,11H2,1-2H3,(H,22,23). The zero-order chi connectivity index (χ0) is 16.6. The Bertz CT molecular complexity index is 768. The quantitative estimate of drug-likeness (QED) is 0.942. The van der Waals surface area contributed by atoms with E-state index in [9.17, 15) is 14.7 Å². The fourth-order valence-electron chi connectivity index (χ4n) is 2.88. The molecule has 0 radical (unpaired) electrons. The van der Waals surface area contributed by atoms with Crippen molar-refractivity contribution < 1.29 is 14.7 Å². The van der Waals surface area contributed by atoms with Gasteiger partial charge in [-0.05, 0) is 31.9 Å². The predicted octanol–water partition coefficient (Wildman–Crippen LogP) is 2.12. The smallest absolute Gasteiger partial charge is 0.311 e. The summed E-state index contributed by atoms with van der Waals surface area (Å²) in [5.41, 5.74) is 1.60. The van der Waals surface area contributed by atoms with E-state index in [2.05, 4.69) is 5.10 Å². The number of carbonyl (C=O) groups is 2. The number of para-hydroxylation sites is 1. The number of rotatable bonds is 3. The lowest BCUT2D eigenvalue weighted by Crippen LogP contribution is -2.34. The van der Waals surface area contributed by atoms with Crippen molar-refractivity contribution in [3.8, 4) is 5.69 Å². The van der Waals surface area contributed by atoms with Crippen LogP contribution in [0.1, 0.15) is 29.3 Å². The molecule has 0 saturated carbocycles. The second-order valence-corrected chi connectivity index (χ2v) is 6.30. The molecular formula is C17H19N3O3. The fraction of sp³-hybridized carbons (Fsp3) is 0.353. The van der Waals surface area contributed by atoms with Crippen LogP contribution in [0.25, 0.3) is 5.69 Å². The number of carboxylic acid groups (broad SMARTS) is 1. The summed E-state index contributed by atoms with van der Waals surface area (Å²) in [6.07, 6.45) is 3.70. The third-order valence-electron chi connectivity index (χ3n) is 4.47. The summed E-state index contributed by atoms with van der Waals surface area (Å²) >= 11 is 0. The summed E-state index contributed by atoms with van der Waals surface area (Å²) in [5.74, 6) is -1.03. The first-order valence-corrected chi connectivity index (χ1v) is 7.54. The molecule has 1 N–H and O–H groups in total. The molecule has 1 aromatic heterocycles. The van der Waals surface area contributed by atoms with Gasteiger partial charge in [0.05, 0.1) is 22.9 Å². The van der Waals surface area contributed by atoms with Crippen molar-refractivity contribution in [1.29, 1.82) is 0 Å². The minimum atomic E-state index is -0.859. The van der Waals surface area contributed by atoms with Gasteiger partial charge in [0.25, 0.3) is 5.91 Å². The maximum atomic E-state index is 12.6. The van der Waals surface area contributed by atoms with Crippen molar-refractivity contribution in [2.75, 3.05) is 13.1 Å². The Labute approximate surface area is 134 Å². The average Bonchev–Trinajstić information content (AvgIpc) is 3.15. The van der Waals surface area contributed by atoms with Gasteiger partial charge in [-0.15, -0.1) is 0 Å². The molecule has 2 aromatic rings. The Morgan fingerprint density at radius 1 is 1.30 bits per heavy atom. The lowest BCUT2D eigenvalue weighted by atomic mass is 9.90. The minimum Gasteiger partial charge on any atom is -0.481 e. The van der Waals surface area contributed by atoms with E-state index in [1.165, 1.54) is 6.20 Å². The molecule has 0 spiro atoms. The maximum absolute atomic E-state index is 12.6. The van der Waals surface area contributed by atoms with Gasteiger partial charge in [0.1, 0.15) is 0 Å². The monoisotopic (exact) mass is 313 g/mol. The van der Waals surface area contributed by atoms with Crippen molar-refractivity contribution in [2.45, 2.75) is 20.3 Å². The number of carboxylic acids is 1. The molecule has 1 saturated heterocycles. The zero-order valence-electron chi connectivity index (χ0n) is 13.2. The summed E-state index contributed by atoms with van der Waals surface area (Å²) in [6.45, 7) is 4.35. The number of nitrogens with zero attached hydrogens (tertiary/aromatic N) is 3. The third kappa shape index (κ3) is 2.72. The van der Waals surface area contributed by atoms with Crippen LogP contribution in [0, 0.1) is 12.3 Å². The molecule has 1 aromatic carbocycles. The highest BCUT2D eigenvalue weighted by Crippen LogP contribution is 2.31. The Kier molecular flexibility index (Phi) is 3.67. The average molecular weight is 313 g/mol. The summed E-state index contributed by atoms with van der Waals surface area (Å²) in [4.78, 5) is 25.5. The van der Waals surface area contributed by atoms with Crippen LogP contribution in [-0.2, 0) is 4.79 Å². The number of carbonyl (C=O) groups excluding carboxylic acids is 1. The number of likely N-dealkylation sites (tertiary alicyclic amines) is 1. The second kappa shape index (κ2) is 5.53. The van der Waals surface area contributed by atoms with Crippen LogP contribution in [0.5, 0.6) is 0 Å². The molecule has 1 aliphatic heterocycles. The van der Waals surface area contributed by atoms with Gasteiger partial charge in [-0.1, -0.05) is 18.2 Å². The number of aryl methyl sites for hydroxylation is 1. The number of aliphatic carboxylic acids is 1. The molecule has 1 fully saturated rings. The highest BCUT2D eigenvalue weighted by molar-refractivity contribution is 5.94. The van der Waals surface area contributed by atoms with Crippen molar-refractivity contribution in [3.05, 3.63) is 47.8 Å². The van der Waals surface area contributed by atoms with Crippen LogP contribution in [0.3, 0.4) is 0 Å². The topological polar surface area (TPSA) is 75.4 Å². The van der Waals surface area contributed by atoms with Crippen LogP contribution in [0.4, 0.5) is 0 Å². The Morgan fingerprint density at radius 2 is 2.04 bits per heavy atom. The van der Waals surface area contributed by atoms with E-state index in [0.717, 1.165) is 11.3 Å². The summed E-state index contributed by atoms with van der Waals surface area (Å²) in [7, 11) is 0. The fourth-order valence-corrected chi connectivity index (χ4v) is 2.88. The predicted molar refractivity (Wildman–Crippen MR) is 84.6 cm³/mol. The summed E-state index contributed by atoms with van der Waals surface area (Å²) in [5, 5.41) is 13.5. The van der Waals surface area contributed by atoms with Crippen molar-refractivity contribution in [3.63, 3.8) is 0 Å². The number of hydrogen-bond donors (Lipinski definition) is 1. The zero-order valence-corrected chi connectivity index (χ0v) is 13.2. The van der Waals surface area contributed by atoms with Crippen LogP contribution in [0.15, 0.2) is 36.7 Å². The van der Waals surface area contributed by atoms with Gasteiger partial charge in [-0.25, -0.2) is 4.68 Å². The summed E-state index contributed by atoms with van der Waals surface area (Å²) in [6, 6.07) is 7.79. The van der Waals surface area contributed by atoms with Gasteiger partial charge in [-0.2, -0.15) is 5.10 Å². The Balaban J connectivity index is 1.80. The molecule has 0 aliphatic carbocycles. The van der Waals surface area contributed by atoms with Gasteiger partial charge >= 0.3 is 5.97 Å². The number of benzene rings is 1. The van der Waals surface area contributed by atoms with Crippen LogP contribution in [-0.4, -0.2) is 44.8 Å². The van der Waals surface area contributed by atoms with E-state index in [-0.39, 0.29) is 12.5 Å². The molecule has 1 aliphatic rings. The van der Waals surface area contributed by atoms with Crippen LogP contribution in [0.2, 0.25) is 0 Å². The molecule has 6 nitrogen and oxygen atoms in total. The van der Waals surface area contributed by atoms with Gasteiger partial charge in [0, 0.05) is 19.3 Å².